The van der Waals surface area contributed by atoms with Gasteiger partial charge >= 0.3 is 0 Å². The average Bonchev–Trinajstić information content (AvgIpc) is 2.93. The van der Waals surface area contributed by atoms with E-state index in [-0.39, 0.29) is 17.2 Å². The Hall–Kier alpha value is -1.70. The Labute approximate surface area is 128 Å². The van der Waals surface area contributed by atoms with Crippen LogP contribution in [-0.2, 0) is 21.2 Å². The van der Waals surface area contributed by atoms with E-state index in [0.717, 1.165) is 4.88 Å². The van der Waals surface area contributed by atoms with E-state index in [0.29, 0.717) is 11.3 Å². The van der Waals surface area contributed by atoms with Crippen molar-refractivity contribution in [1.82, 2.24) is 4.72 Å². The molecule has 0 aliphatic rings. The van der Waals surface area contributed by atoms with Crippen LogP contribution in [0.25, 0.3) is 0 Å². The maximum Gasteiger partial charge on any atom is 0.240 e. The lowest BCUT2D eigenvalue weighted by atomic mass is 10.2. The van der Waals surface area contributed by atoms with Crippen LogP contribution >= 0.6 is 11.3 Å². The topological polar surface area (TPSA) is 75.3 Å². The van der Waals surface area contributed by atoms with Gasteiger partial charge in [0, 0.05) is 10.6 Å². The SMILES string of the molecule is CNS(=O)(=O)c1cc(NC(=O)Cc2cccs2)ccc1C. The van der Waals surface area contributed by atoms with E-state index in [1.165, 1.54) is 24.5 Å². The number of carbonyl (C=O) groups excluding carboxylic acids is 1. The molecular weight excluding hydrogens is 308 g/mol. The molecule has 0 saturated heterocycles. The van der Waals surface area contributed by atoms with Crippen molar-refractivity contribution < 1.29 is 13.2 Å². The molecule has 0 bridgehead atoms. The Balaban J connectivity index is 2.18. The number of amides is 1. The highest BCUT2D eigenvalue weighted by Gasteiger charge is 2.15. The Kier molecular flexibility index (Phi) is 4.76. The number of nitrogens with one attached hydrogen (secondary N) is 2. The van der Waals surface area contributed by atoms with Gasteiger partial charge in [0.25, 0.3) is 0 Å². The largest absolute Gasteiger partial charge is 0.326 e. The van der Waals surface area contributed by atoms with Crippen molar-refractivity contribution in [2.75, 3.05) is 12.4 Å². The number of aryl methyl sites for hydroxylation is 1. The maximum absolute atomic E-state index is 11.9. The lowest BCUT2D eigenvalue weighted by Crippen LogP contribution is -2.20. The highest BCUT2D eigenvalue weighted by atomic mass is 32.2. The minimum absolute atomic E-state index is 0.166. The van der Waals surface area contributed by atoms with Crippen LogP contribution in [0, 0.1) is 6.92 Å². The number of benzene rings is 1. The number of sulfonamides is 1. The van der Waals surface area contributed by atoms with E-state index in [9.17, 15) is 13.2 Å². The molecule has 0 aliphatic heterocycles. The van der Waals surface area contributed by atoms with Crippen LogP contribution < -0.4 is 10.0 Å². The van der Waals surface area contributed by atoms with Crippen molar-refractivity contribution in [3.05, 3.63) is 46.2 Å². The van der Waals surface area contributed by atoms with Crippen molar-refractivity contribution in [3.8, 4) is 0 Å². The monoisotopic (exact) mass is 324 g/mol. The van der Waals surface area contributed by atoms with Gasteiger partial charge in [-0.2, -0.15) is 0 Å². The minimum atomic E-state index is -3.54. The third-order valence-corrected chi connectivity index (χ3v) is 5.38. The first-order chi connectivity index (χ1) is 9.92. The van der Waals surface area contributed by atoms with E-state index >= 15 is 0 Å². The van der Waals surface area contributed by atoms with Gasteiger partial charge in [-0.25, -0.2) is 13.1 Å². The fraction of sp³-hybridized carbons (Fsp3) is 0.214. The molecule has 0 radical (unpaired) electrons. The smallest absolute Gasteiger partial charge is 0.240 e. The van der Waals surface area contributed by atoms with E-state index in [1.807, 2.05) is 17.5 Å². The minimum Gasteiger partial charge on any atom is -0.326 e. The molecule has 1 aromatic carbocycles. The second-order valence-electron chi connectivity index (χ2n) is 4.49. The van der Waals surface area contributed by atoms with E-state index in [2.05, 4.69) is 10.0 Å². The fourth-order valence-corrected chi connectivity index (χ4v) is 3.55. The standard InChI is InChI=1S/C14H16N2O3S2/c1-10-5-6-11(8-13(10)21(18,19)15-2)16-14(17)9-12-4-3-7-20-12/h3-8,15H,9H2,1-2H3,(H,16,17). The summed E-state index contributed by atoms with van der Waals surface area (Å²) in [6.07, 6.45) is 0.277. The normalized spacial score (nSPS) is 11.3. The number of thiophene rings is 1. The van der Waals surface area contributed by atoms with Gasteiger partial charge in [-0.3, -0.25) is 4.79 Å². The number of rotatable bonds is 5. The second-order valence-corrected chi connectivity index (χ2v) is 7.38. The molecule has 0 atom stereocenters. The van der Waals surface area contributed by atoms with Crippen LogP contribution in [-0.4, -0.2) is 21.4 Å². The zero-order valence-corrected chi connectivity index (χ0v) is 13.3. The molecule has 1 aromatic heterocycles. The van der Waals surface area contributed by atoms with Gasteiger partial charge in [-0.05, 0) is 43.1 Å². The molecule has 21 heavy (non-hydrogen) atoms. The number of hydrogen-bond donors (Lipinski definition) is 2. The van der Waals surface area contributed by atoms with Gasteiger partial charge in [-0.15, -0.1) is 11.3 Å². The summed E-state index contributed by atoms with van der Waals surface area (Å²) in [4.78, 5) is 13.1. The first kappa shape index (κ1) is 15.7. The molecular formula is C14H16N2O3S2. The summed E-state index contributed by atoms with van der Waals surface area (Å²) in [5.41, 5.74) is 1.09. The third kappa shape index (κ3) is 3.90. The van der Waals surface area contributed by atoms with E-state index in [1.54, 1.807) is 19.1 Å². The van der Waals surface area contributed by atoms with E-state index in [4.69, 9.17) is 0 Å². The summed E-state index contributed by atoms with van der Waals surface area (Å²) in [6.45, 7) is 1.71. The molecule has 7 heteroatoms. The third-order valence-electron chi connectivity index (χ3n) is 2.95. The molecule has 0 saturated carbocycles. The van der Waals surface area contributed by atoms with Gasteiger partial charge in [0.05, 0.1) is 11.3 Å². The molecule has 1 amide bonds. The predicted octanol–water partition coefficient (Wildman–Crippen LogP) is 2.15. The molecule has 1 heterocycles. The number of carbonyl (C=O) groups is 1. The van der Waals surface area contributed by atoms with Crippen LogP contribution in [0.1, 0.15) is 10.4 Å². The van der Waals surface area contributed by atoms with Gasteiger partial charge in [0.15, 0.2) is 0 Å². The van der Waals surface area contributed by atoms with Gasteiger partial charge in [0.2, 0.25) is 15.9 Å². The van der Waals surface area contributed by atoms with Crippen molar-refractivity contribution >= 4 is 33.0 Å². The molecule has 112 valence electrons. The fourth-order valence-electron chi connectivity index (χ4n) is 1.85. The molecule has 0 aliphatic carbocycles. The van der Waals surface area contributed by atoms with Gasteiger partial charge in [-0.1, -0.05) is 12.1 Å². The molecule has 2 aromatic rings. The highest BCUT2D eigenvalue weighted by molar-refractivity contribution is 7.89. The molecule has 2 N–H and O–H groups in total. The van der Waals surface area contributed by atoms with Crippen LogP contribution in [0.3, 0.4) is 0 Å². The lowest BCUT2D eigenvalue weighted by molar-refractivity contribution is -0.115. The number of hydrogen-bond acceptors (Lipinski definition) is 4. The molecule has 0 fully saturated rings. The Morgan fingerprint density at radius 2 is 2.05 bits per heavy atom. The number of anilines is 1. The van der Waals surface area contributed by atoms with Crippen molar-refractivity contribution in [3.63, 3.8) is 0 Å². The maximum atomic E-state index is 11.9. The molecule has 2 rings (SSSR count). The molecule has 0 spiro atoms. The average molecular weight is 324 g/mol. The highest BCUT2D eigenvalue weighted by Crippen LogP contribution is 2.20. The first-order valence-electron chi connectivity index (χ1n) is 6.29. The van der Waals surface area contributed by atoms with Crippen molar-refractivity contribution in [2.24, 2.45) is 0 Å². The Morgan fingerprint density at radius 1 is 1.29 bits per heavy atom. The Bertz CT molecular complexity index is 738. The summed E-state index contributed by atoms with van der Waals surface area (Å²) in [7, 11) is -2.18. The summed E-state index contributed by atoms with van der Waals surface area (Å²) < 4.78 is 26.1. The summed E-state index contributed by atoms with van der Waals surface area (Å²) in [5.74, 6) is -0.172. The second kappa shape index (κ2) is 6.38. The zero-order chi connectivity index (χ0) is 15.5. The van der Waals surface area contributed by atoms with Crippen LogP contribution in [0.15, 0.2) is 40.6 Å². The summed E-state index contributed by atoms with van der Waals surface area (Å²) >= 11 is 1.51. The van der Waals surface area contributed by atoms with Crippen molar-refractivity contribution in [1.29, 1.82) is 0 Å². The Morgan fingerprint density at radius 3 is 2.67 bits per heavy atom. The van der Waals surface area contributed by atoms with Crippen LogP contribution in [0.4, 0.5) is 5.69 Å². The summed E-state index contributed by atoms with van der Waals surface area (Å²) in [6, 6.07) is 8.60. The molecule has 5 nitrogen and oxygen atoms in total. The van der Waals surface area contributed by atoms with Gasteiger partial charge < -0.3 is 5.32 Å². The zero-order valence-electron chi connectivity index (χ0n) is 11.7. The quantitative estimate of drug-likeness (QED) is 0.885. The van der Waals surface area contributed by atoms with Crippen molar-refractivity contribution in [2.45, 2.75) is 18.2 Å². The van der Waals surface area contributed by atoms with Gasteiger partial charge in [0.1, 0.15) is 0 Å². The van der Waals surface area contributed by atoms with Crippen LogP contribution in [0.2, 0.25) is 0 Å². The lowest BCUT2D eigenvalue weighted by Gasteiger charge is -2.10. The summed E-state index contributed by atoms with van der Waals surface area (Å²) in [5, 5.41) is 4.63. The van der Waals surface area contributed by atoms with Crippen LogP contribution in [0.5, 0.6) is 0 Å². The van der Waals surface area contributed by atoms with E-state index < -0.39 is 10.0 Å². The first-order valence-corrected chi connectivity index (χ1v) is 8.65. The molecule has 0 unspecified atom stereocenters. The predicted molar refractivity (Wildman–Crippen MR) is 84.1 cm³/mol.